The maximum absolute atomic E-state index is 13.0. The van der Waals surface area contributed by atoms with Gasteiger partial charge in [0.2, 0.25) is 0 Å². The Hall–Kier alpha value is -3.61. The summed E-state index contributed by atoms with van der Waals surface area (Å²) in [6.07, 6.45) is 5.48. The largest absolute Gasteiger partial charge is 0.356 e. The maximum Gasteiger partial charge on any atom is 0.137 e. The van der Waals surface area contributed by atoms with E-state index in [1.54, 1.807) is 24.5 Å². The van der Waals surface area contributed by atoms with Crippen LogP contribution in [0.1, 0.15) is 0 Å². The molecule has 5 nitrogen and oxygen atoms in total. The molecule has 1 atom stereocenters. The molecule has 0 amide bonds. The molecule has 0 aliphatic carbocycles. The van der Waals surface area contributed by atoms with E-state index in [9.17, 15) is 4.21 Å². The maximum atomic E-state index is 13.0. The van der Waals surface area contributed by atoms with E-state index < -0.39 is 9.71 Å². The molecule has 4 aromatic rings. The summed E-state index contributed by atoms with van der Waals surface area (Å²) < 4.78 is 14.7. The molecule has 0 aliphatic rings. The SMILES string of the molecule is C=CC(=C)Nc1cccc(-c2cnc3[nH]cc(-c4cccc(S(=C)(=O)N(C)C)c4)c3c2)c1. The minimum Gasteiger partial charge on any atom is -0.356 e. The third-order valence-electron chi connectivity index (χ3n) is 5.38. The van der Waals surface area contributed by atoms with Gasteiger partial charge in [-0.15, -0.1) is 0 Å². The lowest BCUT2D eigenvalue weighted by Gasteiger charge is -2.17. The smallest absolute Gasteiger partial charge is 0.137 e. The molecule has 2 aromatic heterocycles. The lowest BCUT2D eigenvalue weighted by Crippen LogP contribution is -2.21. The highest BCUT2D eigenvalue weighted by atomic mass is 32.2. The van der Waals surface area contributed by atoms with Crippen LogP contribution in [-0.4, -0.2) is 38.4 Å². The summed E-state index contributed by atoms with van der Waals surface area (Å²) in [6.45, 7) is 7.65. The molecule has 2 heterocycles. The highest BCUT2D eigenvalue weighted by Crippen LogP contribution is 2.33. The molecule has 4 rings (SSSR count). The first kappa shape index (κ1) is 21.6. The van der Waals surface area contributed by atoms with Crippen LogP contribution in [0.25, 0.3) is 33.3 Å². The summed E-state index contributed by atoms with van der Waals surface area (Å²) in [4.78, 5) is 8.57. The van der Waals surface area contributed by atoms with Gasteiger partial charge in [0.15, 0.2) is 0 Å². The number of benzene rings is 2. The van der Waals surface area contributed by atoms with E-state index in [2.05, 4.69) is 46.4 Å². The lowest BCUT2D eigenvalue weighted by molar-refractivity contribution is 0.599. The van der Waals surface area contributed by atoms with Crippen LogP contribution in [0.4, 0.5) is 5.69 Å². The Morgan fingerprint density at radius 2 is 1.84 bits per heavy atom. The second kappa shape index (κ2) is 8.49. The average molecular weight is 443 g/mol. The number of fused-ring (bicyclic) bond motifs is 1. The number of nitrogens with zero attached hydrogens (tertiary/aromatic N) is 2. The molecule has 2 N–H and O–H groups in total. The fraction of sp³-hybridized carbons (Fsp3) is 0.0769. The first-order chi connectivity index (χ1) is 15.3. The highest BCUT2D eigenvalue weighted by Gasteiger charge is 2.14. The van der Waals surface area contributed by atoms with Gasteiger partial charge in [0.05, 0.1) is 9.71 Å². The van der Waals surface area contributed by atoms with Gasteiger partial charge in [0.1, 0.15) is 5.65 Å². The van der Waals surface area contributed by atoms with Crippen molar-refractivity contribution in [1.29, 1.82) is 0 Å². The van der Waals surface area contributed by atoms with Gasteiger partial charge < -0.3 is 10.3 Å². The normalized spacial score (nSPS) is 13.1. The molecule has 0 saturated carbocycles. The van der Waals surface area contributed by atoms with E-state index in [-0.39, 0.29) is 0 Å². The van der Waals surface area contributed by atoms with E-state index in [1.165, 1.54) is 0 Å². The standard InChI is InChI=1S/C26H26N4OS/c1-6-18(2)29-22-11-7-9-19(13-22)21-15-24-25(17-28-26(24)27-16-21)20-10-8-12-23(14-20)32(5,31)30(3)4/h6-17,29H,1-2,5H2,3-4H3,(H,27,28). The number of aromatic amines is 1. The number of hydrogen-bond donors (Lipinski definition) is 2. The second-order valence-corrected chi connectivity index (χ2v) is 10.2. The van der Waals surface area contributed by atoms with Crippen LogP contribution in [0, 0.1) is 0 Å². The molecule has 162 valence electrons. The van der Waals surface area contributed by atoms with Crippen LogP contribution in [-0.2, 0) is 9.71 Å². The number of rotatable bonds is 7. The number of hydrogen-bond acceptors (Lipinski definition) is 3. The third-order valence-corrected chi connectivity index (χ3v) is 7.55. The highest BCUT2D eigenvalue weighted by molar-refractivity contribution is 7.98. The number of pyridine rings is 1. The molecule has 0 bridgehead atoms. The van der Waals surface area contributed by atoms with Crippen LogP contribution >= 0.6 is 0 Å². The van der Waals surface area contributed by atoms with Crippen molar-refractivity contribution >= 4 is 32.3 Å². The van der Waals surface area contributed by atoms with Crippen molar-refractivity contribution < 1.29 is 4.21 Å². The molecule has 1 unspecified atom stereocenters. The average Bonchev–Trinajstić information content (AvgIpc) is 3.22. The van der Waals surface area contributed by atoms with Gasteiger partial charge in [-0.05, 0) is 67.5 Å². The number of allylic oxidation sites excluding steroid dienone is 1. The van der Waals surface area contributed by atoms with Crippen molar-refractivity contribution in [2.45, 2.75) is 4.90 Å². The minimum atomic E-state index is -2.53. The fourth-order valence-electron chi connectivity index (χ4n) is 3.49. The molecule has 2 aromatic carbocycles. The predicted molar refractivity (Wildman–Crippen MR) is 137 cm³/mol. The first-order valence-electron chi connectivity index (χ1n) is 10.1. The van der Waals surface area contributed by atoms with E-state index in [4.69, 9.17) is 0 Å². The molecular formula is C26H26N4OS. The second-order valence-electron chi connectivity index (χ2n) is 7.74. The van der Waals surface area contributed by atoms with Crippen molar-refractivity contribution in [2.75, 3.05) is 19.4 Å². The summed E-state index contributed by atoms with van der Waals surface area (Å²) in [6, 6.07) is 17.9. The van der Waals surface area contributed by atoms with Gasteiger partial charge >= 0.3 is 0 Å². The number of anilines is 1. The quantitative estimate of drug-likeness (QED) is 0.291. The Morgan fingerprint density at radius 1 is 1.09 bits per heavy atom. The Labute approximate surface area is 189 Å². The Kier molecular flexibility index (Phi) is 5.74. The minimum absolute atomic E-state index is 0.694. The zero-order valence-electron chi connectivity index (χ0n) is 18.3. The van der Waals surface area contributed by atoms with Crippen molar-refractivity contribution in [3.8, 4) is 22.3 Å². The summed E-state index contributed by atoms with van der Waals surface area (Å²) in [5.74, 6) is 3.93. The van der Waals surface area contributed by atoms with Crippen LogP contribution in [0.3, 0.4) is 0 Å². The van der Waals surface area contributed by atoms with E-state index in [1.807, 2.05) is 54.9 Å². The topological polar surface area (TPSA) is 61.0 Å². The van der Waals surface area contributed by atoms with Gasteiger partial charge in [-0.2, -0.15) is 0 Å². The zero-order valence-corrected chi connectivity index (χ0v) is 19.1. The first-order valence-corrected chi connectivity index (χ1v) is 11.8. The van der Waals surface area contributed by atoms with E-state index >= 15 is 0 Å². The van der Waals surface area contributed by atoms with Crippen molar-refractivity contribution in [1.82, 2.24) is 14.3 Å². The van der Waals surface area contributed by atoms with Gasteiger partial charge in [0.25, 0.3) is 0 Å². The van der Waals surface area contributed by atoms with Gasteiger partial charge in [-0.25, -0.2) is 13.5 Å². The van der Waals surface area contributed by atoms with Gasteiger partial charge in [-0.1, -0.05) is 37.4 Å². The molecular weight excluding hydrogens is 416 g/mol. The predicted octanol–water partition coefficient (Wildman–Crippen LogP) is 5.56. The van der Waals surface area contributed by atoms with Crippen LogP contribution in [0.2, 0.25) is 0 Å². The zero-order chi connectivity index (χ0) is 22.9. The van der Waals surface area contributed by atoms with Crippen LogP contribution in [0.5, 0.6) is 0 Å². The fourth-order valence-corrected chi connectivity index (χ4v) is 4.51. The number of H-pyrrole nitrogens is 1. The summed E-state index contributed by atoms with van der Waals surface area (Å²) in [5.41, 5.74) is 6.47. The van der Waals surface area contributed by atoms with Gasteiger partial charge in [0, 0.05) is 45.2 Å². The van der Waals surface area contributed by atoms with E-state index in [0.29, 0.717) is 4.90 Å². The van der Waals surface area contributed by atoms with Gasteiger partial charge in [-0.3, -0.25) is 0 Å². The Balaban J connectivity index is 1.78. The summed E-state index contributed by atoms with van der Waals surface area (Å²) >= 11 is 0. The monoisotopic (exact) mass is 442 g/mol. The third kappa shape index (κ3) is 4.10. The number of aromatic nitrogens is 2. The lowest BCUT2D eigenvalue weighted by atomic mass is 10.0. The molecule has 0 spiro atoms. The molecule has 0 aliphatic heterocycles. The molecule has 32 heavy (non-hydrogen) atoms. The number of nitrogens with one attached hydrogen (secondary N) is 2. The van der Waals surface area contributed by atoms with Crippen molar-refractivity contribution in [3.63, 3.8) is 0 Å². The van der Waals surface area contributed by atoms with Crippen LogP contribution < -0.4 is 5.32 Å². The molecule has 0 saturated heterocycles. The molecule has 6 heteroatoms. The Morgan fingerprint density at radius 3 is 2.59 bits per heavy atom. The Bertz CT molecular complexity index is 1430. The van der Waals surface area contributed by atoms with Crippen LogP contribution in [0.15, 0.2) is 96.8 Å². The molecule has 0 radical (unpaired) electrons. The summed E-state index contributed by atoms with van der Waals surface area (Å²) in [7, 11) is 1.02. The van der Waals surface area contributed by atoms with Crippen molar-refractivity contribution in [3.05, 3.63) is 91.9 Å². The van der Waals surface area contributed by atoms with E-state index in [0.717, 1.165) is 44.7 Å². The summed E-state index contributed by atoms with van der Waals surface area (Å²) in [5, 5.41) is 4.22. The molecule has 0 fully saturated rings. The van der Waals surface area contributed by atoms with Crippen molar-refractivity contribution in [2.24, 2.45) is 0 Å².